The number of nitrogens with one attached hydrogen (secondary N) is 1. The molecule has 1 fully saturated rings. The summed E-state index contributed by atoms with van der Waals surface area (Å²) in [7, 11) is 1.28. The summed E-state index contributed by atoms with van der Waals surface area (Å²) in [5.74, 6) is -1.40. The molecule has 0 bridgehead atoms. The first-order valence-corrected chi connectivity index (χ1v) is 8.32. The van der Waals surface area contributed by atoms with E-state index in [4.69, 9.17) is 18.9 Å². The Bertz CT molecular complexity index is 831. The molecule has 0 aromatic carbocycles. The van der Waals surface area contributed by atoms with E-state index in [1.54, 1.807) is 0 Å². The third-order valence-corrected chi connectivity index (χ3v) is 4.13. The van der Waals surface area contributed by atoms with Crippen LogP contribution in [0.15, 0.2) is 15.8 Å². The van der Waals surface area contributed by atoms with E-state index in [1.165, 1.54) is 7.11 Å². The number of carbonyl (C=O) groups excluding carboxylic acids is 2. The highest BCUT2D eigenvalue weighted by Crippen LogP contribution is 2.30. The van der Waals surface area contributed by atoms with Gasteiger partial charge in [-0.1, -0.05) is 0 Å². The number of rotatable bonds is 7. The Kier molecular flexibility index (Phi) is 7.07. The topological polar surface area (TPSA) is 166 Å². The minimum absolute atomic E-state index is 0.184. The van der Waals surface area contributed by atoms with Gasteiger partial charge in [0.2, 0.25) is 0 Å². The third kappa shape index (κ3) is 4.65. The lowest BCUT2D eigenvalue weighted by atomic mass is 10.1. The summed E-state index contributed by atoms with van der Waals surface area (Å²) in [6, 6.07) is 0. The van der Waals surface area contributed by atoms with Crippen LogP contribution in [-0.2, 0) is 28.5 Å². The summed E-state index contributed by atoms with van der Waals surface area (Å²) in [6.07, 6.45) is -4.64. The lowest BCUT2D eigenvalue weighted by Crippen LogP contribution is -2.40. The highest BCUT2D eigenvalue weighted by molar-refractivity contribution is 5.67. The predicted molar refractivity (Wildman–Crippen MR) is 90.3 cm³/mol. The van der Waals surface area contributed by atoms with E-state index < -0.39 is 67.0 Å². The first kappa shape index (κ1) is 21.8. The lowest BCUT2D eigenvalue weighted by molar-refractivity contribution is -0.156. The van der Waals surface area contributed by atoms with Crippen molar-refractivity contribution in [1.29, 1.82) is 0 Å². The number of esters is 2. The van der Waals surface area contributed by atoms with Gasteiger partial charge in [-0.2, -0.15) is 0 Å². The van der Waals surface area contributed by atoms with Gasteiger partial charge in [-0.15, -0.1) is 0 Å². The van der Waals surface area contributed by atoms with Crippen molar-refractivity contribution in [2.75, 3.05) is 20.3 Å². The van der Waals surface area contributed by atoms with Crippen LogP contribution >= 0.6 is 0 Å². The number of aromatic nitrogens is 2. The fourth-order valence-corrected chi connectivity index (χ4v) is 2.85. The van der Waals surface area contributed by atoms with Gasteiger partial charge in [0, 0.05) is 27.2 Å². The summed E-state index contributed by atoms with van der Waals surface area (Å²) in [4.78, 5) is 49.0. The highest BCUT2D eigenvalue weighted by atomic mass is 16.6. The number of H-pyrrole nitrogens is 1. The van der Waals surface area contributed by atoms with Gasteiger partial charge in [0.1, 0.15) is 24.9 Å². The molecule has 1 aromatic heterocycles. The molecule has 1 aliphatic heterocycles. The molecular weight excluding hydrogens is 380 g/mol. The molecular formula is C16H22N2O10. The van der Waals surface area contributed by atoms with Crippen molar-refractivity contribution in [3.63, 3.8) is 0 Å². The van der Waals surface area contributed by atoms with Crippen LogP contribution in [0.5, 0.6) is 0 Å². The van der Waals surface area contributed by atoms with E-state index in [2.05, 4.69) is 4.98 Å². The summed E-state index contributed by atoms with van der Waals surface area (Å²) in [5, 5.41) is 19.4. The minimum Gasteiger partial charge on any atom is -0.462 e. The molecule has 12 heteroatoms. The smallest absolute Gasteiger partial charge is 0.330 e. The fraction of sp³-hybridized carbons (Fsp3) is 0.625. The molecule has 3 N–H and O–H groups in total. The van der Waals surface area contributed by atoms with E-state index in [9.17, 15) is 29.4 Å². The monoisotopic (exact) mass is 402 g/mol. The molecule has 1 unspecified atom stereocenters. The second-order valence-electron chi connectivity index (χ2n) is 6.09. The number of hydrogen-bond donors (Lipinski definition) is 3. The van der Waals surface area contributed by atoms with Gasteiger partial charge < -0.3 is 29.2 Å². The van der Waals surface area contributed by atoms with Crippen LogP contribution in [0.2, 0.25) is 0 Å². The number of ether oxygens (including phenoxy) is 4. The molecule has 0 amide bonds. The number of methoxy groups -OCH3 is 1. The Labute approximate surface area is 158 Å². The maximum atomic E-state index is 12.3. The van der Waals surface area contributed by atoms with Crippen molar-refractivity contribution < 1.29 is 38.7 Å². The Morgan fingerprint density at radius 3 is 2.54 bits per heavy atom. The molecule has 0 saturated carbocycles. The molecule has 0 aliphatic carbocycles. The largest absolute Gasteiger partial charge is 0.462 e. The normalized spacial score (nSPS) is 25.3. The quantitative estimate of drug-likeness (QED) is 0.433. The molecule has 1 saturated heterocycles. The van der Waals surface area contributed by atoms with E-state index in [0.717, 1.165) is 24.6 Å². The minimum atomic E-state index is -1.28. The summed E-state index contributed by atoms with van der Waals surface area (Å²) < 4.78 is 21.4. The highest BCUT2D eigenvalue weighted by Gasteiger charge is 2.45. The van der Waals surface area contributed by atoms with Gasteiger partial charge in [0.05, 0.1) is 12.2 Å². The molecule has 1 aliphatic rings. The first-order valence-electron chi connectivity index (χ1n) is 8.32. The second-order valence-corrected chi connectivity index (χ2v) is 6.09. The zero-order valence-corrected chi connectivity index (χ0v) is 15.5. The Hall–Kier alpha value is -2.54. The molecule has 2 heterocycles. The van der Waals surface area contributed by atoms with Crippen molar-refractivity contribution >= 4 is 11.9 Å². The molecule has 1 aromatic rings. The van der Waals surface area contributed by atoms with E-state index >= 15 is 0 Å². The van der Waals surface area contributed by atoms with Crippen LogP contribution in [0, 0.1) is 0 Å². The zero-order valence-electron chi connectivity index (χ0n) is 15.5. The summed E-state index contributed by atoms with van der Waals surface area (Å²) >= 11 is 0. The first-order chi connectivity index (χ1) is 13.2. The molecule has 2 rings (SSSR count). The molecule has 0 radical (unpaired) electrons. The average Bonchev–Trinajstić information content (AvgIpc) is 2.94. The number of hydrogen-bond acceptors (Lipinski definition) is 10. The summed E-state index contributed by atoms with van der Waals surface area (Å²) in [5.41, 5.74) is -1.91. The van der Waals surface area contributed by atoms with Gasteiger partial charge in [-0.25, -0.2) is 4.79 Å². The molecule has 0 spiro atoms. The Morgan fingerprint density at radius 2 is 2.00 bits per heavy atom. The van der Waals surface area contributed by atoms with E-state index in [-0.39, 0.29) is 5.56 Å². The molecule has 156 valence electrons. The number of aliphatic hydroxyl groups excluding tert-OH is 2. The van der Waals surface area contributed by atoms with Crippen molar-refractivity contribution in [2.45, 2.75) is 44.5 Å². The van der Waals surface area contributed by atoms with Crippen molar-refractivity contribution in [1.82, 2.24) is 9.55 Å². The number of nitrogens with zero attached hydrogens (tertiary/aromatic N) is 1. The van der Waals surface area contributed by atoms with Crippen LogP contribution in [0.3, 0.4) is 0 Å². The Balaban J connectivity index is 2.47. The number of carbonyl (C=O) groups is 2. The number of aliphatic hydroxyl groups is 2. The average molecular weight is 402 g/mol. The van der Waals surface area contributed by atoms with E-state index in [0.29, 0.717) is 0 Å². The van der Waals surface area contributed by atoms with Crippen LogP contribution < -0.4 is 11.2 Å². The van der Waals surface area contributed by atoms with Gasteiger partial charge in [-0.05, 0) is 0 Å². The summed E-state index contributed by atoms with van der Waals surface area (Å²) in [6.45, 7) is 1.28. The molecule has 5 atom stereocenters. The standard InChI is InChI=1S/C16H22N2O10/c1-7(20)26-6-11(27-8(2)21)9-4-18(16(24)17-14(9)23)15-13(25-3)12(22)10(5-19)28-15/h4,10-13,15,19,22H,5-6H2,1-3H3,(H,17,23,24)/t10-,11?,12-,13-,15-/m1/s1. The second kappa shape index (κ2) is 9.10. The maximum absolute atomic E-state index is 12.3. The van der Waals surface area contributed by atoms with E-state index in [1.807, 2.05) is 0 Å². The lowest BCUT2D eigenvalue weighted by Gasteiger charge is -2.22. The number of aromatic amines is 1. The van der Waals surface area contributed by atoms with Gasteiger partial charge >= 0.3 is 17.6 Å². The zero-order chi connectivity index (χ0) is 21.0. The third-order valence-electron chi connectivity index (χ3n) is 4.13. The van der Waals surface area contributed by atoms with Crippen LogP contribution in [0.1, 0.15) is 31.7 Å². The molecule has 12 nitrogen and oxygen atoms in total. The van der Waals surface area contributed by atoms with Crippen molar-refractivity contribution in [3.8, 4) is 0 Å². The van der Waals surface area contributed by atoms with Gasteiger partial charge in [0.25, 0.3) is 5.56 Å². The SMILES string of the molecule is CO[C@@H]1[C@H](O)[C@@H](CO)O[C@H]1n1cc(C(COC(C)=O)OC(C)=O)c(=O)[nH]c1=O. The van der Waals surface area contributed by atoms with Crippen LogP contribution in [-0.4, -0.2) is 70.3 Å². The van der Waals surface area contributed by atoms with Crippen molar-refractivity contribution in [3.05, 3.63) is 32.6 Å². The van der Waals surface area contributed by atoms with Gasteiger partial charge in [-0.3, -0.25) is 23.9 Å². The molecule has 28 heavy (non-hydrogen) atoms. The Morgan fingerprint density at radius 1 is 1.32 bits per heavy atom. The van der Waals surface area contributed by atoms with Crippen molar-refractivity contribution in [2.24, 2.45) is 0 Å². The predicted octanol–water partition coefficient (Wildman–Crippen LogP) is -2.03. The van der Waals surface area contributed by atoms with Crippen LogP contribution in [0.4, 0.5) is 0 Å². The fourth-order valence-electron chi connectivity index (χ4n) is 2.85. The van der Waals surface area contributed by atoms with Crippen LogP contribution in [0.25, 0.3) is 0 Å². The van der Waals surface area contributed by atoms with Gasteiger partial charge in [0.15, 0.2) is 12.3 Å². The maximum Gasteiger partial charge on any atom is 0.330 e.